The first-order valence-corrected chi connectivity index (χ1v) is 6.65. The maximum atomic E-state index is 4.76. The number of rotatable bonds is 1. The lowest BCUT2D eigenvalue weighted by Crippen LogP contribution is -2.14. The van der Waals surface area contributed by atoms with Crippen LogP contribution in [0.5, 0.6) is 0 Å². The molecule has 1 aromatic heterocycles. The number of imidazole rings is 1. The monoisotopic (exact) mass is 228 g/mol. The summed E-state index contributed by atoms with van der Waals surface area (Å²) in [5.41, 5.74) is 4.18. The Morgan fingerprint density at radius 1 is 1.24 bits per heavy atom. The van der Waals surface area contributed by atoms with Crippen molar-refractivity contribution in [3.63, 3.8) is 0 Å². The van der Waals surface area contributed by atoms with E-state index < -0.39 is 0 Å². The number of aromatic nitrogens is 2. The van der Waals surface area contributed by atoms with E-state index in [2.05, 4.69) is 36.6 Å². The van der Waals surface area contributed by atoms with Gasteiger partial charge in [0.15, 0.2) is 0 Å². The van der Waals surface area contributed by atoms with E-state index in [0.29, 0.717) is 6.04 Å². The fourth-order valence-electron chi connectivity index (χ4n) is 3.05. The van der Waals surface area contributed by atoms with Gasteiger partial charge in [0.2, 0.25) is 0 Å². The number of hydrogen-bond donors (Lipinski definition) is 0. The third-order valence-corrected chi connectivity index (χ3v) is 3.95. The van der Waals surface area contributed by atoms with Gasteiger partial charge in [0.25, 0.3) is 0 Å². The van der Waals surface area contributed by atoms with Crippen LogP contribution in [0.1, 0.15) is 55.9 Å². The fourth-order valence-corrected chi connectivity index (χ4v) is 3.05. The van der Waals surface area contributed by atoms with E-state index in [9.17, 15) is 0 Å². The van der Waals surface area contributed by atoms with Gasteiger partial charge in [-0.3, -0.25) is 0 Å². The molecule has 0 saturated heterocycles. The molecule has 0 bridgehead atoms. The van der Waals surface area contributed by atoms with Crippen LogP contribution in [0, 0.1) is 6.92 Å². The van der Waals surface area contributed by atoms with Gasteiger partial charge in [-0.15, -0.1) is 0 Å². The standard InChI is InChI=1S/C15H20N2/c1-11-8-9-14-15(10-11)17(12(2)16-14)13-6-4-3-5-7-13/h3-4,10,13H,5-9H2,1-2H3. The molecule has 0 radical (unpaired) electrons. The maximum absolute atomic E-state index is 4.76. The predicted octanol–water partition coefficient (Wildman–Crippen LogP) is 3.82. The van der Waals surface area contributed by atoms with Gasteiger partial charge in [0, 0.05) is 6.04 Å². The Balaban J connectivity index is 2.05. The molecule has 1 atom stereocenters. The van der Waals surface area contributed by atoms with Crippen molar-refractivity contribution in [1.29, 1.82) is 0 Å². The minimum absolute atomic E-state index is 0.624. The Morgan fingerprint density at radius 2 is 2.12 bits per heavy atom. The first-order valence-electron chi connectivity index (χ1n) is 6.65. The van der Waals surface area contributed by atoms with E-state index in [4.69, 9.17) is 4.98 Å². The molecule has 2 nitrogen and oxygen atoms in total. The average molecular weight is 228 g/mol. The van der Waals surface area contributed by atoms with E-state index in [-0.39, 0.29) is 0 Å². The van der Waals surface area contributed by atoms with Crippen LogP contribution < -0.4 is 0 Å². The lowest BCUT2D eigenvalue weighted by atomic mass is 9.98. The number of nitrogens with zero attached hydrogens (tertiary/aromatic N) is 2. The molecule has 0 amide bonds. The van der Waals surface area contributed by atoms with Crippen LogP contribution >= 0.6 is 0 Å². The van der Waals surface area contributed by atoms with Crippen molar-refractivity contribution >= 4 is 6.08 Å². The summed E-state index contributed by atoms with van der Waals surface area (Å²) in [5, 5.41) is 0. The minimum atomic E-state index is 0.624. The SMILES string of the molecule is CC1=Cc2c(nc(C)n2C2CC=CCC2)CC1. The minimum Gasteiger partial charge on any atom is -0.325 e. The smallest absolute Gasteiger partial charge is 0.106 e. The van der Waals surface area contributed by atoms with Gasteiger partial charge in [0.05, 0.1) is 11.4 Å². The second kappa shape index (κ2) is 4.17. The largest absolute Gasteiger partial charge is 0.325 e. The van der Waals surface area contributed by atoms with E-state index in [1.165, 1.54) is 42.0 Å². The summed E-state index contributed by atoms with van der Waals surface area (Å²) in [6.07, 6.45) is 12.9. The molecule has 2 aliphatic rings. The second-order valence-electron chi connectivity index (χ2n) is 5.29. The van der Waals surface area contributed by atoms with Crippen LogP contribution in [-0.2, 0) is 6.42 Å². The zero-order valence-electron chi connectivity index (χ0n) is 10.7. The van der Waals surface area contributed by atoms with Crippen LogP contribution in [0.2, 0.25) is 0 Å². The van der Waals surface area contributed by atoms with E-state index in [1.807, 2.05) is 0 Å². The number of aryl methyl sites for hydroxylation is 2. The summed E-state index contributed by atoms with van der Waals surface area (Å²) >= 11 is 0. The molecule has 0 fully saturated rings. The van der Waals surface area contributed by atoms with Gasteiger partial charge >= 0.3 is 0 Å². The first kappa shape index (κ1) is 10.8. The number of allylic oxidation sites excluding steroid dienone is 3. The second-order valence-corrected chi connectivity index (χ2v) is 5.29. The molecule has 1 aromatic rings. The Hall–Kier alpha value is -1.31. The van der Waals surface area contributed by atoms with Crippen LogP contribution in [0.4, 0.5) is 0 Å². The van der Waals surface area contributed by atoms with Crippen LogP contribution in [0.3, 0.4) is 0 Å². The number of hydrogen-bond acceptors (Lipinski definition) is 1. The summed E-state index contributed by atoms with van der Waals surface area (Å²) in [6, 6.07) is 0.624. The predicted molar refractivity (Wildman–Crippen MR) is 71.0 cm³/mol. The third kappa shape index (κ3) is 1.86. The molecule has 0 saturated carbocycles. The quantitative estimate of drug-likeness (QED) is 0.668. The fraction of sp³-hybridized carbons (Fsp3) is 0.533. The van der Waals surface area contributed by atoms with E-state index >= 15 is 0 Å². The van der Waals surface area contributed by atoms with Crippen molar-refractivity contribution in [2.75, 3.05) is 0 Å². The summed E-state index contributed by atoms with van der Waals surface area (Å²) in [5.74, 6) is 1.20. The molecule has 1 unspecified atom stereocenters. The van der Waals surface area contributed by atoms with Crippen molar-refractivity contribution in [2.24, 2.45) is 0 Å². The van der Waals surface area contributed by atoms with Gasteiger partial charge in [-0.2, -0.15) is 0 Å². The highest BCUT2D eigenvalue weighted by Crippen LogP contribution is 2.32. The molecule has 90 valence electrons. The first-order chi connectivity index (χ1) is 8.25. The molecule has 0 spiro atoms. The van der Waals surface area contributed by atoms with Crippen molar-refractivity contribution in [3.05, 3.63) is 34.9 Å². The van der Waals surface area contributed by atoms with Crippen molar-refractivity contribution in [3.8, 4) is 0 Å². The zero-order valence-corrected chi connectivity index (χ0v) is 10.7. The number of fused-ring (bicyclic) bond motifs is 1. The zero-order chi connectivity index (χ0) is 11.8. The molecule has 2 heteroatoms. The topological polar surface area (TPSA) is 17.8 Å². The van der Waals surface area contributed by atoms with Gasteiger partial charge in [-0.1, -0.05) is 17.7 Å². The van der Waals surface area contributed by atoms with Crippen LogP contribution in [-0.4, -0.2) is 9.55 Å². The van der Waals surface area contributed by atoms with Gasteiger partial charge in [-0.25, -0.2) is 4.98 Å². The third-order valence-electron chi connectivity index (χ3n) is 3.95. The normalized spacial score (nSPS) is 23.4. The van der Waals surface area contributed by atoms with Crippen molar-refractivity contribution in [2.45, 2.75) is 52.0 Å². The molecule has 0 aliphatic heterocycles. The highest BCUT2D eigenvalue weighted by Gasteiger charge is 2.22. The molecule has 3 rings (SSSR count). The van der Waals surface area contributed by atoms with Crippen molar-refractivity contribution in [1.82, 2.24) is 9.55 Å². The van der Waals surface area contributed by atoms with Gasteiger partial charge in [-0.05, 0) is 52.0 Å². The molecular weight excluding hydrogens is 208 g/mol. The molecule has 2 aliphatic carbocycles. The maximum Gasteiger partial charge on any atom is 0.106 e. The molecule has 1 heterocycles. The Morgan fingerprint density at radius 3 is 2.88 bits per heavy atom. The Labute approximate surface area is 103 Å². The van der Waals surface area contributed by atoms with Crippen molar-refractivity contribution < 1.29 is 0 Å². The van der Waals surface area contributed by atoms with Gasteiger partial charge in [0.1, 0.15) is 5.82 Å². The van der Waals surface area contributed by atoms with E-state index in [0.717, 1.165) is 12.8 Å². The Bertz CT molecular complexity index is 491. The molecule has 0 aromatic carbocycles. The van der Waals surface area contributed by atoms with Crippen LogP contribution in [0.15, 0.2) is 17.7 Å². The summed E-state index contributed by atoms with van der Waals surface area (Å²) in [7, 11) is 0. The Kier molecular flexibility index (Phi) is 2.65. The summed E-state index contributed by atoms with van der Waals surface area (Å²) < 4.78 is 2.47. The van der Waals surface area contributed by atoms with Gasteiger partial charge < -0.3 is 4.57 Å². The van der Waals surface area contributed by atoms with E-state index in [1.54, 1.807) is 0 Å². The highest BCUT2D eigenvalue weighted by atomic mass is 15.1. The van der Waals surface area contributed by atoms with Crippen LogP contribution in [0.25, 0.3) is 6.08 Å². The molecule has 0 N–H and O–H groups in total. The lowest BCUT2D eigenvalue weighted by Gasteiger charge is -2.24. The lowest BCUT2D eigenvalue weighted by molar-refractivity contribution is 0.449. The molecular formula is C15H20N2. The average Bonchev–Trinajstić information content (AvgIpc) is 2.65. The highest BCUT2D eigenvalue weighted by molar-refractivity contribution is 5.55. The molecule has 17 heavy (non-hydrogen) atoms. The summed E-state index contributed by atoms with van der Waals surface area (Å²) in [4.78, 5) is 4.76. The summed E-state index contributed by atoms with van der Waals surface area (Å²) in [6.45, 7) is 4.39.